The molecular formula is C11H18ClN3. The van der Waals surface area contributed by atoms with E-state index in [0.29, 0.717) is 6.54 Å². The van der Waals surface area contributed by atoms with Gasteiger partial charge in [-0.2, -0.15) is 5.10 Å². The number of allylic oxidation sites excluding steroid dienone is 1. The zero-order valence-corrected chi connectivity index (χ0v) is 10.3. The quantitative estimate of drug-likeness (QED) is 0.802. The molecule has 0 bridgehead atoms. The van der Waals surface area contributed by atoms with Gasteiger partial charge in [-0.3, -0.25) is 4.68 Å². The molecule has 0 amide bonds. The maximum absolute atomic E-state index is 6.16. The molecule has 2 N–H and O–H groups in total. The predicted molar refractivity (Wildman–Crippen MR) is 64.1 cm³/mol. The second-order valence-electron chi connectivity index (χ2n) is 3.77. The van der Waals surface area contributed by atoms with Crippen LogP contribution in [-0.4, -0.2) is 16.3 Å². The molecule has 1 heterocycles. The van der Waals surface area contributed by atoms with Crippen molar-refractivity contribution in [2.45, 2.75) is 26.7 Å². The Morgan fingerprint density at radius 2 is 2.27 bits per heavy atom. The molecule has 0 unspecified atom stereocenters. The van der Waals surface area contributed by atoms with Gasteiger partial charge in [0.05, 0.1) is 16.4 Å². The lowest BCUT2D eigenvalue weighted by Crippen LogP contribution is -2.00. The first-order chi connectivity index (χ1) is 7.06. The average Bonchev–Trinajstić information content (AvgIpc) is 2.42. The Labute approximate surface area is 95.9 Å². The van der Waals surface area contributed by atoms with Crippen LogP contribution in [0.2, 0.25) is 5.02 Å². The van der Waals surface area contributed by atoms with Crippen LogP contribution in [0, 0.1) is 6.92 Å². The van der Waals surface area contributed by atoms with Gasteiger partial charge in [-0.25, -0.2) is 0 Å². The molecule has 1 aromatic rings. The van der Waals surface area contributed by atoms with E-state index in [-0.39, 0.29) is 0 Å². The Balaban J connectivity index is 2.80. The minimum absolute atomic E-state index is 0.690. The van der Waals surface area contributed by atoms with Gasteiger partial charge < -0.3 is 5.73 Å². The maximum Gasteiger partial charge on any atom is 0.0850 e. The molecule has 4 heteroatoms. The minimum Gasteiger partial charge on any atom is -0.330 e. The summed E-state index contributed by atoms with van der Waals surface area (Å²) in [4.78, 5) is 0. The molecule has 15 heavy (non-hydrogen) atoms. The zero-order chi connectivity index (χ0) is 11.4. The lowest BCUT2D eigenvalue weighted by atomic mass is 10.1. The van der Waals surface area contributed by atoms with E-state index in [1.807, 2.05) is 18.7 Å². The van der Waals surface area contributed by atoms with Gasteiger partial charge in [0.15, 0.2) is 0 Å². The number of hydrogen-bond donors (Lipinski definition) is 1. The second kappa shape index (κ2) is 5.33. The molecule has 0 aliphatic heterocycles. The highest BCUT2D eigenvalue weighted by atomic mass is 35.5. The molecule has 3 nitrogen and oxygen atoms in total. The van der Waals surface area contributed by atoms with Crippen molar-refractivity contribution in [1.82, 2.24) is 9.78 Å². The van der Waals surface area contributed by atoms with Crippen molar-refractivity contribution in [3.05, 3.63) is 28.1 Å². The normalized spacial score (nSPS) is 12.2. The molecule has 0 aliphatic rings. The standard InChI is InChI=1S/C11H18ClN3/c1-8(5-4-6-13)7-10-11(12)9(2)14-15(10)3/h5H,4,6-7,13H2,1-3H3. The van der Waals surface area contributed by atoms with E-state index in [1.165, 1.54) is 5.57 Å². The van der Waals surface area contributed by atoms with Crippen molar-refractivity contribution in [2.24, 2.45) is 12.8 Å². The molecule has 0 aliphatic carbocycles. The summed E-state index contributed by atoms with van der Waals surface area (Å²) in [6.07, 6.45) is 3.91. The van der Waals surface area contributed by atoms with Gasteiger partial charge in [0.2, 0.25) is 0 Å². The van der Waals surface area contributed by atoms with Gasteiger partial charge in [-0.1, -0.05) is 23.3 Å². The largest absolute Gasteiger partial charge is 0.330 e. The third-order valence-electron chi connectivity index (χ3n) is 2.37. The Bertz CT molecular complexity index is 366. The maximum atomic E-state index is 6.16. The smallest absolute Gasteiger partial charge is 0.0850 e. The third kappa shape index (κ3) is 3.08. The van der Waals surface area contributed by atoms with E-state index in [1.54, 1.807) is 0 Å². The van der Waals surface area contributed by atoms with Crippen molar-refractivity contribution in [1.29, 1.82) is 0 Å². The molecule has 0 aromatic carbocycles. The van der Waals surface area contributed by atoms with Crippen LogP contribution in [0.3, 0.4) is 0 Å². The molecule has 0 saturated heterocycles. The van der Waals surface area contributed by atoms with E-state index >= 15 is 0 Å². The van der Waals surface area contributed by atoms with E-state index in [4.69, 9.17) is 17.3 Å². The van der Waals surface area contributed by atoms with Crippen molar-refractivity contribution < 1.29 is 0 Å². The number of nitrogens with zero attached hydrogens (tertiary/aromatic N) is 2. The molecule has 0 atom stereocenters. The van der Waals surface area contributed by atoms with Crippen LogP contribution in [-0.2, 0) is 13.5 Å². The number of aryl methyl sites for hydroxylation is 2. The van der Waals surface area contributed by atoms with Gasteiger partial charge in [-0.15, -0.1) is 0 Å². The summed E-state index contributed by atoms with van der Waals surface area (Å²) in [5.74, 6) is 0. The van der Waals surface area contributed by atoms with Crippen LogP contribution >= 0.6 is 11.6 Å². The fraction of sp³-hybridized carbons (Fsp3) is 0.545. The molecular weight excluding hydrogens is 210 g/mol. The van der Waals surface area contributed by atoms with Gasteiger partial charge in [0, 0.05) is 13.5 Å². The van der Waals surface area contributed by atoms with Crippen LogP contribution in [0.15, 0.2) is 11.6 Å². The fourth-order valence-corrected chi connectivity index (χ4v) is 1.77. The van der Waals surface area contributed by atoms with Crippen molar-refractivity contribution in [3.8, 4) is 0 Å². The number of halogens is 1. The number of hydrogen-bond acceptors (Lipinski definition) is 2. The summed E-state index contributed by atoms with van der Waals surface area (Å²) < 4.78 is 1.84. The van der Waals surface area contributed by atoms with Gasteiger partial charge in [-0.05, 0) is 26.8 Å². The van der Waals surface area contributed by atoms with Crippen LogP contribution in [0.1, 0.15) is 24.7 Å². The van der Waals surface area contributed by atoms with Gasteiger partial charge in [0.1, 0.15) is 0 Å². The van der Waals surface area contributed by atoms with Gasteiger partial charge >= 0.3 is 0 Å². The molecule has 0 saturated carbocycles. The average molecular weight is 228 g/mol. The van der Waals surface area contributed by atoms with Crippen LogP contribution in [0.25, 0.3) is 0 Å². The van der Waals surface area contributed by atoms with E-state index in [9.17, 15) is 0 Å². The number of nitrogens with two attached hydrogens (primary N) is 1. The van der Waals surface area contributed by atoms with Crippen molar-refractivity contribution in [3.63, 3.8) is 0 Å². The molecule has 0 radical (unpaired) electrons. The molecule has 1 aromatic heterocycles. The number of aromatic nitrogens is 2. The monoisotopic (exact) mass is 227 g/mol. The Kier molecular flexibility index (Phi) is 4.36. The second-order valence-corrected chi connectivity index (χ2v) is 4.15. The lowest BCUT2D eigenvalue weighted by molar-refractivity contribution is 0.714. The molecule has 84 valence electrons. The predicted octanol–water partition coefficient (Wildman–Crippen LogP) is 2.22. The molecule has 0 fully saturated rings. The summed E-state index contributed by atoms with van der Waals surface area (Å²) >= 11 is 6.16. The number of rotatable bonds is 4. The highest BCUT2D eigenvalue weighted by Crippen LogP contribution is 2.21. The molecule has 0 spiro atoms. The highest BCUT2D eigenvalue weighted by molar-refractivity contribution is 6.31. The Morgan fingerprint density at radius 1 is 1.60 bits per heavy atom. The van der Waals surface area contributed by atoms with Crippen molar-refractivity contribution >= 4 is 11.6 Å². The van der Waals surface area contributed by atoms with E-state index in [2.05, 4.69) is 18.1 Å². The summed E-state index contributed by atoms with van der Waals surface area (Å²) in [6.45, 7) is 4.70. The topological polar surface area (TPSA) is 43.8 Å². The Hall–Kier alpha value is -0.800. The Morgan fingerprint density at radius 3 is 2.73 bits per heavy atom. The minimum atomic E-state index is 0.690. The highest BCUT2D eigenvalue weighted by Gasteiger charge is 2.10. The lowest BCUT2D eigenvalue weighted by Gasteiger charge is -2.03. The van der Waals surface area contributed by atoms with E-state index < -0.39 is 0 Å². The first kappa shape index (κ1) is 12.3. The summed E-state index contributed by atoms with van der Waals surface area (Å²) in [7, 11) is 1.92. The van der Waals surface area contributed by atoms with Crippen molar-refractivity contribution in [2.75, 3.05) is 6.54 Å². The zero-order valence-electron chi connectivity index (χ0n) is 9.55. The molecule has 1 rings (SSSR count). The summed E-state index contributed by atoms with van der Waals surface area (Å²) in [5.41, 5.74) is 8.69. The van der Waals surface area contributed by atoms with Crippen LogP contribution < -0.4 is 5.73 Å². The first-order valence-corrected chi connectivity index (χ1v) is 5.47. The third-order valence-corrected chi connectivity index (χ3v) is 2.86. The summed E-state index contributed by atoms with van der Waals surface area (Å²) in [6, 6.07) is 0. The summed E-state index contributed by atoms with van der Waals surface area (Å²) in [5, 5.41) is 5.05. The van der Waals surface area contributed by atoms with E-state index in [0.717, 1.165) is 29.3 Å². The first-order valence-electron chi connectivity index (χ1n) is 5.10. The SMILES string of the molecule is CC(=CCCN)Cc1c(Cl)c(C)nn1C. The van der Waals surface area contributed by atoms with Crippen LogP contribution in [0.5, 0.6) is 0 Å². The van der Waals surface area contributed by atoms with Crippen LogP contribution in [0.4, 0.5) is 0 Å². The van der Waals surface area contributed by atoms with Gasteiger partial charge in [0.25, 0.3) is 0 Å². The fourth-order valence-electron chi connectivity index (χ4n) is 1.54.